The van der Waals surface area contributed by atoms with Crippen LogP contribution >= 0.6 is 0 Å². The summed E-state index contributed by atoms with van der Waals surface area (Å²) in [5.41, 5.74) is 11.1. The third-order valence-corrected chi connectivity index (χ3v) is 3.89. The minimum atomic E-state index is -0.0956. The number of benzene rings is 1. The Kier molecular flexibility index (Phi) is 5.21. The molecule has 1 heterocycles. The predicted octanol–water partition coefficient (Wildman–Crippen LogP) is 2.57. The Balaban J connectivity index is 2.28. The molecule has 0 saturated heterocycles. The van der Waals surface area contributed by atoms with E-state index >= 15 is 0 Å². The van der Waals surface area contributed by atoms with Crippen LogP contribution in [0.2, 0.25) is 0 Å². The van der Waals surface area contributed by atoms with Gasteiger partial charge < -0.3 is 11.1 Å². The van der Waals surface area contributed by atoms with Crippen LogP contribution in [-0.4, -0.2) is 15.7 Å². The maximum Gasteiger partial charge on any atom is 0.229 e. The molecule has 5 nitrogen and oxygen atoms in total. The minimum absolute atomic E-state index is 0.0956. The molecule has 0 atom stereocenters. The Hall–Kier alpha value is -2.56. The lowest BCUT2D eigenvalue weighted by Crippen LogP contribution is -2.29. The van der Waals surface area contributed by atoms with Crippen LogP contribution in [0.3, 0.4) is 0 Å². The van der Waals surface area contributed by atoms with Gasteiger partial charge in [-0.05, 0) is 48.6 Å². The molecule has 0 aliphatic heterocycles. The molecule has 0 aliphatic carbocycles. The number of amides is 1. The van der Waals surface area contributed by atoms with E-state index < -0.39 is 0 Å². The molecule has 1 amide bonds. The summed E-state index contributed by atoms with van der Waals surface area (Å²) in [5.74, 6) is 0.318. The monoisotopic (exact) mass is 312 g/mol. The van der Waals surface area contributed by atoms with Gasteiger partial charge in [-0.3, -0.25) is 9.48 Å². The highest BCUT2D eigenvalue weighted by atomic mass is 16.1. The molecule has 0 spiro atoms. The van der Waals surface area contributed by atoms with Crippen molar-refractivity contribution in [1.82, 2.24) is 15.1 Å². The first-order valence-electron chi connectivity index (χ1n) is 7.76. The number of carbonyl (C=O) groups excluding carboxylic acids is 1. The Bertz CT molecular complexity index is 743. The quantitative estimate of drug-likeness (QED) is 0.891. The maximum atomic E-state index is 12.2. The number of nitrogens with zero attached hydrogens (tertiary/aromatic N) is 2. The van der Waals surface area contributed by atoms with Crippen molar-refractivity contribution in [2.24, 2.45) is 12.8 Å². The van der Waals surface area contributed by atoms with Crippen molar-refractivity contribution < 1.29 is 4.79 Å². The molecule has 1 aromatic carbocycles. The molecule has 0 bridgehead atoms. The first kappa shape index (κ1) is 16.8. The molecule has 0 radical (unpaired) electrons. The number of rotatable bonds is 5. The summed E-state index contributed by atoms with van der Waals surface area (Å²) in [6, 6.07) is 4.12. The van der Waals surface area contributed by atoms with Gasteiger partial charge in [0.2, 0.25) is 5.91 Å². The number of nitrogens with one attached hydrogen (secondary N) is 1. The van der Waals surface area contributed by atoms with Crippen molar-refractivity contribution in [3.63, 3.8) is 0 Å². The highest BCUT2D eigenvalue weighted by molar-refractivity contribution is 5.82. The second kappa shape index (κ2) is 7.13. The van der Waals surface area contributed by atoms with Gasteiger partial charge in [0.1, 0.15) is 0 Å². The molecule has 0 saturated carbocycles. The third kappa shape index (κ3) is 4.00. The second-order valence-electron chi connectivity index (χ2n) is 5.73. The molecular formula is C18H24N4O. The van der Waals surface area contributed by atoms with E-state index in [9.17, 15) is 4.79 Å². The van der Waals surface area contributed by atoms with Gasteiger partial charge in [0.05, 0.1) is 18.4 Å². The fourth-order valence-electron chi connectivity index (χ4n) is 2.67. The van der Waals surface area contributed by atoms with Crippen molar-refractivity contribution in [1.29, 1.82) is 0 Å². The highest BCUT2D eigenvalue weighted by Gasteiger charge is 2.13. The molecule has 3 N–H and O–H groups in total. The first-order chi connectivity index (χ1) is 10.9. The molecule has 0 unspecified atom stereocenters. The Morgan fingerprint density at radius 1 is 1.39 bits per heavy atom. The number of aromatic nitrogens is 2. The van der Waals surface area contributed by atoms with Crippen molar-refractivity contribution in [2.45, 2.75) is 33.6 Å². The van der Waals surface area contributed by atoms with E-state index in [0.29, 0.717) is 12.2 Å². The normalized spacial score (nSPS) is 11.6. The van der Waals surface area contributed by atoms with E-state index in [2.05, 4.69) is 16.5 Å². The first-order valence-corrected chi connectivity index (χ1v) is 7.76. The van der Waals surface area contributed by atoms with Crippen molar-refractivity contribution in [2.75, 3.05) is 0 Å². The number of carbonyl (C=O) groups is 1. The lowest BCUT2D eigenvalue weighted by molar-refractivity contribution is -0.119. The Morgan fingerprint density at radius 3 is 2.74 bits per heavy atom. The minimum Gasteiger partial charge on any atom is -0.385 e. The summed E-state index contributed by atoms with van der Waals surface area (Å²) in [7, 11) is 1.89. The molecule has 122 valence electrons. The fourth-order valence-corrected chi connectivity index (χ4v) is 2.67. The zero-order valence-corrected chi connectivity index (χ0v) is 14.2. The van der Waals surface area contributed by atoms with Crippen LogP contribution in [0.5, 0.6) is 0 Å². The van der Waals surface area contributed by atoms with Gasteiger partial charge in [-0.25, -0.2) is 0 Å². The number of allylic oxidation sites excluding steroid dienone is 1. The van der Waals surface area contributed by atoms with Gasteiger partial charge >= 0.3 is 0 Å². The van der Waals surface area contributed by atoms with Gasteiger partial charge in [0.15, 0.2) is 0 Å². The maximum absolute atomic E-state index is 12.2. The largest absolute Gasteiger partial charge is 0.385 e. The smallest absolute Gasteiger partial charge is 0.229 e. The van der Waals surface area contributed by atoms with Crippen molar-refractivity contribution in [3.05, 3.63) is 53.1 Å². The van der Waals surface area contributed by atoms with E-state index in [1.165, 1.54) is 0 Å². The number of aryl methyl sites for hydroxylation is 2. The molecule has 5 heteroatoms. The summed E-state index contributed by atoms with van der Waals surface area (Å²) in [6.45, 7) is 6.04. The van der Waals surface area contributed by atoms with E-state index in [-0.39, 0.29) is 5.91 Å². The third-order valence-electron chi connectivity index (χ3n) is 3.89. The molecule has 0 fully saturated rings. The summed E-state index contributed by atoms with van der Waals surface area (Å²) in [6.07, 6.45) is 6.71. The van der Waals surface area contributed by atoms with Crippen LogP contribution in [0.1, 0.15) is 30.0 Å². The average molecular weight is 312 g/mol. The van der Waals surface area contributed by atoms with Crippen LogP contribution < -0.4 is 11.1 Å². The Labute approximate surface area is 137 Å². The summed E-state index contributed by atoms with van der Waals surface area (Å²) >= 11 is 0. The van der Waals surface area contributed by atoms with Crippen LogP contribution in [0.25, 0.3) is 11.1 Å². The fraction of sp³-hybridized carbons (Fsp3) is 0.333. The van der Waals surface area contributed by atoms with Gasteiger partial charge in [-0.15, -0.1) is 0 Å². The SMILES string of the molecule is CC/C=C(\N)NC(=O)Cc1c(C)ccc(-c2cnn(C)c2)c1C. The van der Waals surface area contributed by atoms with Crippen LogP contribution in [0.15, 0.2) is 36.4 Å². The van der Waals surface area contributed by atoms with Gasteiger partial charge in [-0.1, -0.05) is 19.1 Å². The zero-order chi connectivity index (χ0) is 17.0. The van der Waals surface area contributed by atoms with Crippen LogP contribution in [-0.2, 0) is 18.3 Å². The summed E-state index contributed by atoms with van der Waals surface area (Å²) in [4.78, 5) is 12.2. The van der Waals surface area contributed by atoms with Gasteiger partial charge in [0.25, 0.3) is 0 Å². The van der Waals surface area contributed by atoms with Crippen LogP contribution in [0, 0.1) is 13.8 Å². The predicted molar refractivity (Wildman–Crippen MR) is 92.5 cm³/mol. The number of hydrogen-bond donors (Lipinski definition) is 2. The van der Waals surface area contributed by atoms with E-state index in [0.717, 1.165) is 34.2 Å². The number of hydrogen-bond acceptors (Lipinski definition) is 3. The Morgan fingerprint density at radius 2 is 2.13 bits per heavy atom. The molecule has 2 aromatic rings. The standard InChI is InChI=1S/C18H24N4O/c1-5-6-17(19)21-18(23)9-16-12(2)7-8-15(13(16)3)14-10-20-22(4)11-14/h6-8,10-11H,5,9,19H2,1-4H3,(H,21,23)/b17-6+. The van der Waals surface area contributed by atoms with E-state index in [1.807, 2.05) is 46.3 Å². The average Bonchev–Trinajstić information content (AvgIpc) is 2.90. The summed E-state index contributed by atoms with van der Waals surface area (Å²) < 4.78 is 1.78. The van der Waals surface area contributed by atoms with Crippen molar-refractivity contribution >= 4 is 5.91 Å². The highest BCUT2D eigenvalue weighted by Crippen LogP contribution is 2.27. The topological polar surface area (TPSA) is 72.9 Å². The zero-order valence-electron chi connectivity index (χ0n) is 14.2. The number of nitrogens with two attached hydrogens (primary N) is 1. The van der Waals surface area contributed by atoms with E-state index in [4.69, 9.17) is 5.73 Å². The van der Waals surface area contributed by atoms with Gasteiger partial charge in [-0.2, -0.15) is 5.10 Å². The molecule has 23 heavy (non-hydrogen) atoms. The second-order valence-corrected chi connectivity index (χ2v) is 5.73. The lowest BCUT2D eigenvalue weighted by atomic mass is 9.93. The van der Waals surface area contributed by atoms with E-state index in [1.54, 1.807) is 10.8 Å². The molecular weight excluding hydrogens is 288 g/mol. The molecule has 2 rings (SSSR count). The lowest BCUT2D eigenvalue weighted by Gasteiger charge is -2.14. The van der Waals surface area contributed by atoms with Crippen LogP contribution in [0.4, 0.5) is 0 Å². The molecule has 1 aromatic heterocycles. The van der Waals surface area contributed by atoms with Gasteiger partial charge in [0, 0.05) is 18.8 Å². The molecule has 0 aliphatic rings. The van der Waals surface area contributed by atoms with Crippen molar-refractivity contribution in [3.8, 4) is 11.1 Å². The summed E-state index contributed by atoms with van der Waals surface area (Å²) in [5, 5.41) is 6.95.